The van der Waals surface area contributed by atoms with Gasteiger partial charge in [-0.25, -0.2) is 4.98 Å². The Kier molecular flexibility index (Phi) is 3.54. The number of methoxy groups -OCH3 is 1. The van der Waals surface area contributed by atoms with Crippen LogP contribution >= 0.6 is 11.3 Å². The Hall–Kier alpha value is -0.650. The lowest BCUT2D eigenvalue weighted by atomic mass is 10.3. The van der Waals surface area contributed by atoms with E-state index in [-0.39, 0.29) is 0 Å². The van der Waals surface area contributed by atoms with E-state index in [4.69, 9.17) is 9.72 Å². The smallest absolute Gasteiger partial charge is 0.185 e. The number of hydrogen-bond donors (Lipinski definition) is 1. The highest BCUT2D eigenvalue weighted by molar-refractivity contribution is 7.15. The average Bonchev–Trinajstić information content (AvgIpc) is 2.95. The molecule has 0 amide bonds. The highest BCUT2D eigenvalue weighted by Gasteiger charge is 2.25. The number of nitrogens with zero attached hydrogens (tertiary/aromatic N) is 2. The van der Waals surface area contributed by atoms with Gasteiger partial charge in [0.15, 0.2) is 5.13 Å². The molecular formula is C13H21N3OS. The Balaban J connectivity index is 1.63. The molecule has 4 nitrogen and oxygen atoms in total. The molecule has 0 radical (unpaired) electrons. The van der Waals surface area contributed by atoms with Crippen LogP contribution in [0.3, 0.4) is 0 Å². The van der Waals surface area contributed by atoms with Gasteiger partial charge in [0.25, 0.3) is 0 Å². The molecule has 3 rings (SSSR count). The van der Waals surface area contributed by atoms with E-state index in [1.165, 1.54) is 28.5 Å². The molecule has 2 fully saturated rings. The van der Waals surface area contributed by atoms with Gasteiger partial charge in [0.1, 0.15) is 0 Å². The highest BCUT2D eigenvalue weighted by atomic mass is 32.1. The monoisotopic (exact) mass is 267 g/mol. The minimum absolute atomic E-state index is 0.377. The van der Waals surface area contributed by atoms with Crippen LogP contribution < -0.4 is 10.2 Å². The molecule has 1 aromatic rings. The summed E-state index contributed by atoms with van der Waals surface area (Å²) in [5.41, 5.74) is 1.18. The third-order valence-electron chi connectivity index (χ3n) is 3.76. The van der Waals surface area contributed by atoms with Gasteiger partial charge < -0.3 is 15.0 Å². The van der Waals surface area contributed by atoms with Gasteiger partial charge in [0.2, 0.25) is 0 Å². The van der Waals surface area contributed by atoms with Gasteiger partial charge in [-0.1, -0.05) is 0 Å². The molecule has 2 heterocycles. The number of nitrogens with one attached hydrogen (secondary N) is 1. The molecule has 100 valence electrons. The van der Waals surface area contributed by atoms with Crippen molar-refractivity contribution < 1.29 is 4.74 Å². The van der Waals surface area contributed by atoms with Crippen molar-refractivity contribution in [2.75, 3.05) is 25.1 Å². The minimum Gasteiger partial charge on any atom is -0.380 e. The zero-order valence-corrected chi connectivity index (χ0v) is 11.9. The van der Waals surface area contributed by atoms with Gasteiger partial charge >= 0.3 is 0 Å². The van der Waals surface area contributed by atoms with Crippen LogP contribution in [0.2, 0.25) is 0 Å². The molecular weight excluding hydrogens is 246 g/mol. The van der Waals surface area contributed by atoms with E-state index >= 15 is 0 Å². The summed E-state index contributed by atoms with van der Waals surface area (Å²) < 4.78 is 5.41. The first-order chi connectivity index (χ1) is 8.76. The van der Waals surface area contributed by atoms with E-state index in [9.17, 15) is 0 Å². The zero-order chi connectivity index (χ0) is 12.5. The maximum absolute atomic E-state index is 5.41. The van der Waals surface area contributed by atoms with Crippen LogP contribution in [0.15, 0.2) is 0 Å². The topological polar surface area (TPSA) is 37.4 Å². The van der Waals surface area contributed by atoms with E-state index in [0.717, 1.165) is 32.1 Å². The van der Waals surface area contributed by atoms with Crippen molar-refractivity contribution in [1.82, 2.24) is 10.3 Å². The third-order valence-corrected chi connectivity index (χ3v) is 4.98. The molecule has 1 aliphatic carbocycles. The van der Waals surface area contributed by atoms with Crippen molar-refractivity contribution in [3.8, 4) is 0 Å². The molecule has 1 aromatic heterocycles. The summed E-state index contributed by atoms with van der Waals surface area (Å²) >= 11 is 1.84. The van der Waals surface area contributed by atoms with Gasteiger partial charge in [-0.3, -0.25) is 0 Å². The Morgan fingerprint density at radius 3 is 2.94 bits per heavy atom. The van der Waals surface area contributed by atoms with Gasteiger partial charge in [-0.2, -0.15) is 0 Å². The maximum Gasteiger partial charge on any atom is 0.185 e. The second-order valence-electron chi connectivity index (χ2n) is 5.25. The molecule has 1 atom stereocenters. The number of thiazole rings is 1. The summed E-state index contributed by atoms with van der Waals surface area (Å²) in [4.78, 5) is 8.45. The number of anilines is 1. The Labute approximate surface area is 112 Å². The van der Waals surface area contributed by atoms with Crippen LogP contribution in [0.1, 0.15) is 29.8 Å². The quantitative estimate of drug-likeness (QED) is 0.884. The fourth-order valence-electron chi connectivity index (χ4n) is 2.33. The first-order valence-electron chi connectivity index (χ1n) is 6.73. The van der Waals surface area contributed by atoms with Gasteiger partial charge in [-0.05, 0) is 26.2 Å². The summed E-state index contributed by atoms with van der Waals surface area (Å²) in [5, 5.41) is 4.73. The van der Waals surface area contributed by atoms with Crippen molar-refractivity contribution in [1.29, 1.82) is 0 Å². The molecule has 1 saturated carbocycles. The van der Waals surface area contributed by atoms with E-state index in [1.807, 2.05) is 11.3 Å². The van der Waals surface area contributed by atoms with E-state index < -0.39 is 0 Å². The molecule has 18 heavy (non-hydrogen) atoms. The van der Waals surface area contributed by atoms with Crippen molar-refractivity contribution >= 4 is 16.5 Å². The normalized spacial score (nSPS) is 23.9. The summed E-state index contributed by atoms with van der Waals surface area (Å²) in [6.45, 7) is 5.16. The number of rotatable bonds is 5. The van der Waals surface area contributed by atoms with Crippen LogP contribution in [-0.2, 0) is 11.3 Å². The predicted octanol–water partition coefficient (Wildman–Crippen LogP) is 1.93. The predicted molar refractivity (Wildman–Crippen MR) is 74.3 cm³/mol. The first-order valence-corrected chi connectivity index (χ1v) is 7.55. The standard InChI is InChI=1S/C13H21N3OS/c1-9-12(7-14-10-3-4-10)18-13(15-9)16-6-5-11(8-16)17-2/h10-11,14H,3-8H2,1-2H3. The number of aryl methyl sites for hydroxylation is 1. The second kappa shape index (κ2) is 5.15. The van der Waals surface area contributed by atoms with Crippen molar-refractivity contribution in [3.05, 3.63) is 10.6 Å². The van der Waals surface area contributed by atoms with E-state index in [2.05, 4.69) is 17.1 Å². The fourth-order valence-corrected chi connectivity index (χ4v) is 3.38. The van der Waals surface area contributed by atoms with Crippen LogP contribution in [-0.4, -0.2) is 37.3 Å². The largest absolute Gasteiger partial charge is 0.380 e. The number of hydrogen-bond acceptors (Lipinski definition) is 5. The average molecular weight is 267 g/mol. The highest BCUT2D eigenvalue weighted by Crippen LogP contribution is 2.30. The van der Waals surface area contributed by atoms with Gasteiger partial charge in [-0.15, -0.1) is 11.3 Å². The van der Waals surface area contributed by atoms with Crippen LogP contribution in [0.5, 0.6) is 0 Å². The first kappa shape index (κ1) is 12.4. The second-order valence-corrected chi connectivity index (χ2v) is 6.31. The third kappa shape index (κ3) is 2.68. The Morgan fingerprint density at radius 1 is 1.44 bits per heavy atom. The summed E-state index contributed by atoms with van der Waals surface area (Å²) in [6.07, 6.45) is 4.17. The molecule has 2 aliphatic rings. The lowest BCUT2D eigenvalue weighted by Crippen LogP contribution is -2.21. The Bertz CT molecular complexity index is 416. The summed E-state index contributed by atoms with van der Waals surface area (Å²) in [5.74, 6) is 0. The van der Waals surface area contributed by atoms with E-state index in [0.29, 0.717) is 6.10 Å². The Morgan fingerprint density at radius 2 is 2.28 bits per heavy atom. The molecule has 1 unspecified atom stereocenters. The fraction of sp³-hybridized carbons (Fsp3) is 0.769. The molecule has 1 saturated heterocycles. The van der Waals surface area contributed by atoms with E-state index in [1.54, 1.807) is 7.11 Å². The molecule has 0 spiro atoms. The van der Waals surface area contributed by atoms with Gasteiger partial charge in [0.05, 0.1) is 11.8 Å². The minimum atomic E-state index is 0.377. The SMILES string of the molecule is COC1CCN(c2nc(C)c(CNC3CC3)s2)C1. The van der Waals surface area contributed by atoms with Crippen LogP contribution in [0, 0.1) is 6.92 Å². The summed E-state index contributed by atoms with van der Waals surface area (Å²) in [6, 6.07) is 0.764. The maximum atomic E-state index is 5.41. The summed E-state index contributed by atoms with van der Waals surface area (Å²) in [7, 11) is 1.80. The van der Waals surface area contributed by atoms with Crippen molar-refractivity contribution in [2.45, 2.75) is 44.9 Å². The van der Waals surface area contributed by atoms with Crippen molar-refractivity contribution in [3.63, 3.8) is 0 Å². The van der Waals surface area contributed by atoms with Crippen molar-refractivity contribution in [2.24, 2.45) is 0 Å². The lowest BCUT2D eigenvalue weighted by Gasteiger charge is -2.13. The number of aromatic nitrogens is 1. The number of ether oxygens (including phenoxy) is 1. The zero-order valence-electron chi connectivity index (χ0n) is 11.1. The van der Waals surface area contributed by atoms with Crippen LogP contribution in [0.4, 0.5) is 5.13 Å². The van der Waals surface area contributed by atoms with Crippen LogP contribution in [0.25, 0.3) is 0 Å². The molecule has 5 heteroatoms. The molecule has 0 bridgehead atoms. The molecule has 1 N–H and O–H groups in total. The molecule has 0 aromatic carbocycles. The van der Waals surface area contributed by atoms with Gasteiger partial charge in [0, 0.05) is 37.7 Å². The lowest BCUT2D eigenvalue weighted by molar-refractivity contribution is 0.121. The molecule has 1 aliphatic heterocycles.